The van der Waals surface area contributed by atoms with Gasteiger partial charge in [0.15, 0.2) is 11.6 Å². The number of anilines is 2. The summed E-state index contributed by atoms with van der Waals surface area (Å²) in [5, 5.41) is 0. The molecule has 0 aliphatic heterocycles. The summed E-state index contributed by atoms with van der Waals surface area (Å²) < 4.78 is 5.95. The number of ether oxygens (including phenoxy) is 1. The highest BCUT2D eigenvalue weighted by molar-refractivity contribution is 5.50. The van der Waals surface area contributed by atoms with E-state index in [1.807, 2.05) is 12.3 Å². The number of hydrogen-bond donors (Lipinski definition) is 2. The summed E-state index contributed by atoms with van der Waals surface area (Å²) in [5.74, 6) is 2.14. The first-order valence-electron chi connectivity index (χ1n) is 7.48. The van der Waals surface area contributed by atoms with Crippen LogP contribution in [0.3, 0.4) is 0 Å². The van der Waals surface area contributed by atoms with Crippen molar-refractivity contribution in [3.05, 3.63) is 29.7 Å². The summed E-state index contributed by atoms with van der Waals surface area (Å²) in [6.07, 6.45) is 4.38. The highest BCUT2D eigenvalue weighted by Crippen LogP contribution is 2.34. The molecule has 2 aromatic heterocycles. The smallest absolute Gasteiger partial charge is 0.222 e. The third-order valence-electron chi connectivity index (χ3n) is 3.68. The summed E-state index contributed by atoms with van der Waals surface area (Å²) in [7, 11) is 0. The topological polar surface area (TPSA) is 99.9 Å². The van der Waals surface area contributed by atoms with E-state index in [2.05, 4.69) is 42.6 Å². The molecular formula is C16H23N5O. The van der Waals surface area contributed by atoms with Gasteiger partial charge in [-0.3, -0.25) is 4.98 Å². The molecule has 0 spiro atoms. The van der Waals surface area contributed by atoms with Crippen molar-refractivity contribution in [3.63, 3.8) is 0 Å². The van der Waals surface area contributed by atoms with Crippen molar-refractivity contribution in [2.75, 3.05) is 11.5 Å². The average Bonchev–Trinajstić information content (AvgIpc) is 2.49. The Morgan fingerprint density at radius 1 is 1.09 bits per heavy atom. The lowest BCUT2D eigenvalue weighted by Gasteiger charge is -2.17. The fraction of sp³-hybridized carbons (Fsp3) is 0.438. The molecule has 0 saturated carbocycles. The number of aromatic nitrogens is 3. The number of nitrogen functional groups attached to an aromatic ring is 2. The van der Waals surface area contributed by atoms with Gasteiger partial charge in [0, 0.05) is 23.5 Å². The van der Waals surface area contributed by atoms with Gasteiger partial charge in [-0.25, -0.2) is 4.98 Å². The number of nitrogens with two attached hydrogens (primary N) is 2. The Balaban J connectivity index is 2.42. The van der Waals surface area contributed by atoms with E-state index < -0.39 is 0 Å². The average molecular weight is 301 g/mol. The van der Waals surface area contributed by atoms with Crippen LogP contribution in [0, 0.1) is 0 Å². The molecule has 2 heterocycles. The molecule has 22 heavy (non-hydrogen) atoms. The van der Waals surface area contributed by atoms with Crippen LogP contribution in [0.25, 0.3) is 0 Å². The number of hydrogen-bond acceptors (Lipinski definition) is 6. The zero-order valence-electron chi connectivity index (χ0n) is 13.5. The molecule has 1 atom stereocenters. The highest BCUT2D eigenvalue weighted by Gasteiger charge is 2.15. The summed E-state index contributed by atoms with van der Waals surface area (Å²) in [4.78, 5) is 12.4. The minimum Gasteiger partial charge on any atom is -0.451 e. The minimum atomic E-state index is 0.129. The number of nitrogens with zero attached hydrogens (tertiary/aromatic N) is 3. The van der Waals surface area contributed by atoms with E-state index in [4.69, 9.17) is 16.2 Å². The second kappa shape index (κ2) is 6.60. The molecule has 6 heteroatoms. The number of pyridine rings is 1. The van der Waals surface area contributed by atoms with E-state index in [-0.39, 0.29) is 17.7 Å². The Hall–Kier alpha value is -2.37. The Morgan fingerprint density at radius 2 is 1.82 bits per heavy atom. The van der Waals surface area contributed by atoms with E-state index in [0.29, 0.717) is 11.7 Å². The van der Waals surface area contributed by atoms with Crippen LogP contribution in [-0.2, 0) is 0 Å². The predicted molar refractivity (Wildman–Crippen MR) is 88.0 cm³/mol. The maximum Gasteiger partial charge on any atom is 0.222 e. The third-order valence-corrected chi connectivity index (χ3v) is 3.68. The van der Waals surface area contributed by atoms with E-state index in [9.17, 15) is 0 Å². The fourth-order valence-corrected chi connectivity index (χ4v) is 2.06. The van der Waals surface area contributed by atoms with Gasteiger partial charge in [-0.15, -0.1) is 0 Å². The van der Waals surface area contributed by atoms with Crippen LogP contribution in [0.4, 0.5) is 11.8 Å². The van der Waals surface area contributed by atoms with Gasteiger partial charge in [-0.05, 0) is 18.3 Å². The second-order valence-electron chi connectivity index (χ2n) is 5.69. The van der Waals surface area contributed by atoms with Crippen LogP contribution in [0.1, 0.15) is 57.2 Å². The van der Waals surface area contributed by atoms with Crippen molar-refractivity contribution in [2.45, 2.75) is 46.0 Å². The van der Waals surface area contributed by atoms with Gasteiger partial charge in [-0.1, -0.05) is 27.7 Å². The van der Waals surface area contributed by atoms with Gasteiger partial charge in [-0.2, -0.15) is 4.98 Å². The van der Waals surface area contributed by atoms with E-state index >= 15 is 0 Å². The van der Waals surface area contributed by atoms with E-state index in [0.717, 1.165) is 23.4 Å². The van der Waals surface area contributed by atoms with Crippen molar-refractivity contribution < 1.29 is 4.74 Å². The first kappa shape index (κ1) is 16.0. The van der Waals surface area contributed by atoms with Crippen molar-refractivity contribution in [1.29, 1.82) is 0 Å². The van der Waals surface area contributed by atoms with Gasteiger partial charge in [0.1, 0.15) is 5.75 Å². The van der Waals surface area contributed by atoms with Gasteiger partial charge in [0.05, 0.1) is 6.20 Å². The quantitative estimate of drug-likeness (QED) is 0.877. The molecule has 0 aromatic carbocycles. The maximum atomic E-state index is 5.95. The molecule has 0 radical (unpaired) electrons. The minimum absolute atomic E-state index is 0.129. The molecule has 0 fully saturated rings. The molecule has 0 unspecified atom stereocenters. The van der Waals surface area contributed by atoms with Crippen molar-refractivity contribution in [2.24, 2.45) is 0 Å². The Labute approximate surface area is 130 Å². The molecule has 2 rings (SSSR count). The Morgan fingerprint density at radius 3 is 2.41 bits per heavy atom. The molecule has 0 aliphatic rings. The Kier molecular flexibility index (Phi) is 4.80. The Bertz CT molecular complexity index is 657. The van der Waals surface area contributed by atoms with E-state index in [1.54, 1.807) is 0 Å². The molecule has 0 aliphatic carbocycles. The van der Waals surface area contributed by atoms with E-state index in [1.165, 1.54) is 6.20 Å². The summed E-state index contributed by atoms with van der Waals surface area (Å²) >= 11 is 0. The van der Waals surface area contributed by atoms with Crippen LogP contribution in [0.2, 0.25) is 0 Å². The molecule has 118 valence electrons. The van der Waals surface area contributed by atoms with Crippen LogP contribution >= 0.6 is 0 Å². The molecular weight excluding hydrogens is 278 g/mol. The lowest BCUT2D eigenvalue weighted by Crippen LogP contribution is -2.04. The summed E-state index contributed by atoms with van der Waals surface area (Å²) in [5.41, 5.74) is 13.4. The second-order valence-corrected chi connectivity index (χ2v) is 5.69. The maximum absolute atomic E-state index is 5.95. The zero-order chi connectivity index (χ0) is 16.3. The zero-order valence-corrected chi connectivity index (χ0v) is 13.5. The van der Waals surface area contributed by atoms with Crippen molar-refractivity contribution in [1.82, 2.24) is 15.0 Å². The summed E-state index contributed by atoms with van der Waals surface area (Å²) in [6.45, 7) is 8.46. The van der Waals surface area contributed by atoms with Crippen LogP contribution in [-0.4, -0.2) is 15.0 Å². The third kappa shape index (κ3) is 3.44. The van der Waals surface area contributed by atoms with Crippen molar-refractivity contribution in [3.8, 4) is 11.5 Å². The number of rotatable bonds is 5. The predicted octanol–water partition coefficient (Wildman–Crippen LogP) is 3.47. The van der Waals surface area contributed by atoms with Crippen LogP contribution < -0.4 is 16.2 Å². The normalized spacial score (nSPS) is 12.4. The van der Waals surface area contributed by atoms with Crippen LogP contribution in [0.15, 0.2) is 18.5 Å². The van der Waals surface area contributed by atoms with Gasteiger partial charge < -0.3 is 16.2 Å². The lowest BCUT2D eigenvalue weighted by atomic mass is 10.00. The molecule has 0 bridgehead atoms. The standard InChI is InChI=1S/C16H23N5O/c1-5-10(4)12-6-13(11(7-19-12)9(2)3)22-14-8-20-16(18)21-15(14)17/h6-10H,5H2,1-4H3,(H4,17,18,20,21)/t10-/m1/s1. The first-order valence-corrected chi connectivity index (χ1v) is 7.48. The highest BCUT2D eigenvalue weighted by atomic mass is 16.5. The van der Waals surface area contributed by atoms with Gasteiger partial charge >= 0.3 is 0 Å². The summed E-state index contributed by atoms with van der Waals surface area (Å²) in [6, 6.07) is 1.97. The molecule has 2 aromatic rings. The first-order chi connectivity index (χ1) is 10.4. The SMILES string of the molecule is CC[C@@H](C)c1cc(Oc2cnc(N)nc2N)c(C(C)C)cn1. The van der Waals surface area contributed by atoms with Gasteiger partial charge in [0.2, 0.25) is 5.95 Å². The fourth-order valence-electron chi connectivity index (χ4n) is 2.06. The molecule has 4 N–H and O–H groups in total. The van der Waals surface area contributed by atoms with Crippen LogP contribution in [0.5, 0.6) is 11.5 Å². The van der Waals surface area contributed by atoms with Gasteiger partial charge in [0.25, 0.3) is 0 Å². The molecule has 6 nitrogen and oxygen atoms in total. The molecule has 0 amide bonds. The monoisotopic (exact) mass is 301 g/mol. The molecule has 0 saturated heterocycles. The lowest BCUT2D eigenvalue weighted by molar-refractivity contribution is 0.468. The van der Waals surface area contributed by atoms with Crippen molar-refractivity contribution >= 4 is 11.8 Å². The largest absolute Gasteiger partial charge is 0.451 e.